The van der Waals surface area contributed by atoms with Crippen LogP contribution in [0.3, 0.4) is 0 Å². The summed E-state index contributed by atoms with van der Waals surface area (Å²) in [6, 6.07) is 18.6. The number of aryl methyl sites for hydroxylation is 1. The summed E-state index contributed by atoms with van der Waals surface area (Å²) in [4.78, 5) is 39.4. The summed E-state index contributed by atoms with van der Waals surface area (Å²) >= 11 is 0. The van der Waals surface area contributed by atoms with E-state index in [0.29, 0.717) is 47.2 Å². The number of hydrogen-bond acceptors (Lipinski definition) is 6. The largest absolute Gasteiger partial charge is 0.349 e. The van der Waals surface area contributed by atoms with Crippen molar-refractivity contribution in [2.24, 2.45) is 17.6 Å². The fraction of sp³-hybridized carbons (Fsp3) is 0.382. The first-order chi connectivity index (χ1) is 21.4. The molecule has 6 N–H and O–H groups in total. The van der Waals surface area contributed by atoms with Gasteiger partial charge in [-0.05, 0) is 110 Å². The van der Waals surface area contributed by atoms with Crippen molar-refractivity contribution in [3.63, 3.8) is 0 Å². The standard InChI is InChI=1S/C34H39N7O3.ClH/c1-20-16-25(33(43)36-26-11-12-26)10-14-28(20)23-6-2-21(3-7-23)17-31(38-32(42)24-8-4-22(19-35)5-9-24)34(44)37-27-13-15-29-30(18-27)40-41-39-29;/h2-3,6-7,10,13-16,18,22,24,26,31H,4-5,8-9,11-12,17,19,35H2,1H3,(H,36,43)(H,37,44)(H,38,42)(H,39,40,41);1H/t22?,24?,31-;/m0./s1. The maximum absolute atomic E-state index is 13.6. The Morgan fingerprint density at radius 1 is 0.911 bits per heavy atom. The van der Waals surface area contributed by atoms with Crippen LogP contribution in [0, 0.1) is 18.8 Å². The number of H-pyrrole nitrogens is 1. The van der Waals surface area contributed by atoms with Gasteiger partial charge in [0.15, 0.2) is 0 Å². The van der Waals surface area contributed by atoms with Gasteiger partial charge in [-0.2, -0.15) is 15.4 Å². The number of anilines is 1. The lowest BCUT2D eigenvalue weighted by Gasteiger charge is -2.28. The van der Waals surface area contributed by atoms with E-state index in [-0.39, 0.29) is 36.0 Å². The zero-order valence-corrected chi connectivity index (χ0v) is 26.2. The van der Waals surface area contributed by atoms with Gasteiger partial charge in [0.1, 0.15) is 17.1 Å². The Morgan fingerprint density at radius 2 is 1.64 bits per heavy atom. The van der Waals surface area contributed by atoms with Crippen LogP contribution in [-0.2, 0) is 16.0 Å². The van der Waals surface area contributed by atoms with Crippen LogP contribution in [0.2, 0.25) is 0 Å². The summed E-state index contributed by atoms with van der Waals surface area (Å²) in [5.41, 5.74) is 12.4. The van der Waals surface area contributed by atoms with Crippen molar-refractivity contribution in [1.82, 2.24) is 26.0 Å². The van der Waals surface area contributed by atoms with Crippen LogP contribution in [0.25, 0.3) is 22.2 Å². The van der Waals surface area contributed by atoms with Crippen LogP contribution in [-0.4, -0.2) is 51.8 Å². The molecule has 2 aliphatic carbocycles. The highest BCUT2D eigenvalue weighted by Gasteiger charge is 2.29. The zero-order valence-electron chi connectivity index (χ0n) is 25.3. The quantitative estimate of drug-likeness (QED) is 0.172. The molecule has 1 atom stereocenters. The predicted molar refractivity (Wildman–Crippen MR) is 177 cm³/mol. The average Bonchev–Trinajstić information content (AvgIpc) is 3.73. The number of fused-ring (bicyclic) bond motifs is 1. The molecule has 0 aliphatic heterocycles. The number of carbonyl (C=O) groups excluding carboxylic acids is 3. The number of hydrogen-bond donors (Lipinski definition) is 5. The van der Waals surface area contributed by atoms with E-state index >= 15 is 0 Å². The summed E-state index contributed by atoms with van der Waals surface area (Å²) in [5.74, 6) is -0.0817. The van der Waals surface area contributed by atoms with E-state index in [4.69, 9.17) is 5.73 Å². The topological polar surface area (TPSA) is 155 Å². The number of aromatic nitrogens is 3. The Morgan fingerprint density at radius 3 is 2.33 bits per heavy atom. The van der Waals surface area contributed by atoms with E-state index in [1.807, 2.05) is 49.4 Å². The number of halogens is 1. The normalized spacial score (nSPS) is 18.4. The van der Waals surface area contributed by atoms with Gasteiger partial charge in [-0.25, -0.2) is 0 Å². The number of nitrogens with two attached hydrogens (primary N) is 1. The van der Waals surface area contributed by atoms with Gasteiger partial charge in [0.25, 0.3) is 5.91 Å². The van der Waals surface area contributed by atoms with Crippen LogP contribution in [0.5, 0.6) is 0 Å². The minimum absolute atomic E-state index is 0. The summed E-state index contributed by atoms with van der Waals surface area (Å²) in [7, 11) is 0. The molecule has 1 aromatic heterocycles. The van der Waals surface area contributed by atoms with Gasteiger partial charge in [0.2, 0.25) is 11.8 Å². The van der Waals surface area contributed by atoms with Crippen molar-refractivity contribution in [2.75, 3.05) is 11.9 Å². The van der Waals surface area contributed by atoms with Gasteiger partial charge >= 0.3 is 0 Å². The molecular formula is C34H40ClN7O3. The molecule has 0 saturated heterocycles. The molecule has 0 spiro atoms. The number of rotatable bonds is 10. The van der Waals surface area contributed by atoms with Crippen LogP contribution < -0.4 is 21.7 Å². The minimum atomic E-state index is -0.764. The number of nitrogens with zero attached hydrogens (tertiary/aromatic N) is 2. The number of nitrogens with one attached hydrogen (secondary N) is 4. The third kappa shape index (κ3) is 7.87. The van der Waals surface area contributed by atoms with Crippen molar-refractivity contribution in [1.29, 1.82) is 0 Å². The number of amides is 3. The molecule has 2 aliphatic rings. The van der Waals surface area contributed by atoms with Crippen LogP contribution in [0.1, 0.15) is 60.0 Å². The first-order valence-corrected chi connectivity index (χ1v) is 15.5. The average molecular weight is 630 g/mol. The molecular weight excluding hydrogens is 590 g/mol. The Hall–Kier alpha value is -4.28. The molecule has 4 aromatic rings. The highest BCUT2D eigenvalue weighted by atomic mass is 35.5. The predicted octanol–water partition coefficient (Wildman–Crippen LogP) is 4.68. The molecule has 0 radical (unpaired) electrons. The second-order valence-corrected chi connectivity index (χ2v) is 12.2. The molecule has 0 unspecified atom stereocenters. The molecule has 236 valence electrons. The number of benzene rings is 3. The van der Waals surface area contributed by atoms with Gasteiger partial charge in [0.05, 0.1) is 0 Å². The molecule has 3 aromatic carbocycles. The maximum Gasteiger partial charge on any atom is 0.251 e. The van der Waals surface area contributed by atoms with E-state index in [1.54, 1.807) is 18.2 Å². The first-order valence-electron chi connectivity index (χ1n) is 15.5. The molecule has 3 amide bonds. The number of carbonyl (C=O) groups is 3. The molecule has 2 fully saturated rings. The van der Waals surface area contributed by atoms with Crippen LogP contribution >= 0.6 is 12.4 Å². The van der Waals surface area contributed by atoms with Gasteiger partial charge in [-0.3, -0.25) is 14.4 Å². The minimum Gasteiger partial charge on any atom is -0.349 e. The Balaban J connectivity index is 0.00000400. The van der Waals surface area contributed by atoms with Crippen LogP contribution in [0.15, 0.2) is 60.7 Å². The molecule has 45 heavy (non-hydrogen) atoms. The fourth-order valence-electron chi connectivity index (χ4n) is 5.99. The van der Waals surface area contributed by atoms with Crippen molar-refractivity contribution >= 4 is 46.8 Å². The van der Waals surface area contributed by atoms with E-state index in [0.717, 1.165) is 60.8 Å². The van der Waals surface area contributed by atoms with Gasteiger partial charge < -0.3 is 21.7 Å². The Labute approximate surface area is 268 Å². The van der Waals surface area contributed by atoms with Gasteiger partial charge in [-0.15, -0.1) is 12.4 Å². The third-order valence-electron chi connectivity index (χ3n) is 8.87. The monoisotopic (exact) mass is 629 g/mol. The second kappa shape index (κ2) is 14.2. The summed E-state index contributed by atoms with van der Waals surface area (Å²) in [5, 5.41) is 19.8. The molecule has 11 heteroatoms. The van der Waals surface area contributed by atoms with Crippen molar-refractivity contribution in [2.45, 2.75) is 64.0 Å². The fourth-order valence-corrected chi connectivity index (χ4v) is 5.99. The molecule has 6 rings (SSSR count). The molecule has 0 bridgehead atoms. The summed E-state index contributed by atoms with van der Waals surface area (Å²) in [6.07, 6.45) is 5.85. The smallest absolute Gasteiger partial charge is 0.251 e. The van der Waals surface area contributed by atoms with Crippen molar-refractivity contribution in [3.05, 3.63) is 77.4 Å². The highest BCUT2D eigenvalue weighted by Crippen LogP contribution is 2.29. The van der Waals surface area contributed by atoms with Gasteiger partial charge in [-0.1, -0.05) is 30.3 Å². The van der Waals surface area contributed by atoms with E-state index in [9.17, 15) is 14.4 Å². The van der Waals surface area contributed by atoms with Gasteiger partial charge in [0, 0.05) is 29.6 Å². The first kappa shape index (κ1) is 32.1. The van der Waals surface area contributed by atoms with Crippen molar-refractivity contribution < 1.29 is 14.4 Å². The van der Waals surface area contributed by atoms with E-state index in [2.05, 4.69) is 31.4 Å². The molecule has 10 nitrogen and oxygen atoms in total. The summed E-state index contributed by atoms with van der Waals surface area (Å²) < 4.78 is 0. The lowest BCUT2D eigenvalue weighted by Crippen LogP contribution is -2.48. The lowest BCUT2D eigenvalue weighted by atomic mass is 9.81. The Bertz CT molecular complexity index is 1660. The Kier molecular flexibility index (Phi) is 10.1. The SMILES string of the molecule is Cc1cc(C(=O)NC2CC2)ccc1-c1ccc(C[C@H](NC(=O)C2CCC(CN)CC2)C(=O)Nc2ccc3n[nH]nc3c2)cc1.Cl. The van der Waals surface area contributed by atoms with Crippen LogP contribution in [0.4, 0.5) is 5.69 Å². The zero-order chi connectivity index (χ0) is 30.6. The molecule has 1 heterocycles. The molecule has 2 saturated carbocycles. The lowest BCUT2D eigenvalue weighted by molar-refractivity contribution is -0.130. The highest BCUT2D eigenvalue weighted by molar-refractivity contribution is 5.99. The van der Waals surface area contributed by atoms with E-state index < -0.39 is 6.04 Å². The number of aromatic amines is 1. The summed E-state index contributed by atoms with van der Waals surface area (Å²) in [6.45, 7) is 2.65. The van der Waals surface area contributed by atoms with E-state index in [1.165, 1.54) is 0 Å². The third-order valence-corrected chi connectivity index (χ3v) is 8.87. The van der Waals surface area contributed by atoms with Crippen molar-refractivity contribution in [3.8, 4) is 11.1 Å². The maximum atomic E-state index is 13.6. The second-order valence-electron chi connectivity index (χ2n) is 12.2.